The summed E-state index contributed by atoms with van der Waals surface area (Å²) in [6, 6.07) is 16.8. The van der Waals surface area contributed by atoms with Gasteiger partial charge in [0.15, 0.2) is 0 Å². The van der Waals surface area contributed by atoms with Crippen LogP contribution in [0.2, 0.25) is 0 Å². The van der Waals surface area contributed by atoms with Crippen molar-refractivity contribution in [3.05, 3.63) is 65.0 Å². The van der Waals surface area contributed by atoms with Crippen LogP contribution < -0.4 is 10.9 Å². The fourth-order valence-corrected chi connectivity index (χ4v) is 2.50. The molecule has 3 aromatic rings. The van der Waals surface area contributed by atoms with Gasteiger partial charge in [-0.05, 0) is 22.9 Å². The van der Waals surface area contributed by atoms with Crippen LogP contribution >= 0.6 is 0 Å². The van der Waals surface area contributed by atoms with Crippen molar-refractivity contribution in [2.24, 2.45) is 0 Å². The summed E-state index contributed by atoms with van der Waals surface area (Å²) in [6.45, 7) is -0.536. The van der Waals surface area contributed by atoms with Crippen LogP contribution in [0.4, 0.5) is 0 Å². The first-order valence-electron chi connectivity index (χ1n) is 7.97. The number of aromatic nitrogens is 2. The second-order valence-corrected chi connectivity index (χ2v) is 5.63. The van der Waals surface area contributed by atoms with Gasteiger partial charge in [0.05, 0.1) is 12.8 Å². The molecule has 1 amide bonds. The summed E-state index contributed by atoms with van der Waals surface area (Å²) >= 11 is 0. The van der Waals surface area contributed by atoms with Crippen LogP contribution in [0.5, 0.6) is 0 Å². The molecular formula is C19H17N3O4. The Balaban J connectivity index is 1.83. The van der Waals surface area contributed by atoms with E-state index in [2.05, 4.69) is 15.2 Å². The molecule has 0 spiro atoms. The third-order valence-electron chi connectivity index (χ3n) is 3.86. The normalized spacial score (nSPS) is 10.5. The smallest absolute Gasteiger partial charge is 0.325 e. The fraction of sp³-hybridized carbons (Fsp3) is 0.158. The molecule has 26 heavy (non-hydrogen) atoms. The number of benzene rings is 2. The minimum absolute atomic E-state index is 0.256. The third kappa shape index (κ3) is 3.94. The zero-order chi connectivity index (χ0) is 18.5. The number of nitrogens with one attached hydrogen (secondary N) is 1. The molecule has 0 bridgehead atoms. The number of esters is 1. The molecule has 0 unspecified atom stereocenters. The largest absolute Gasteiger partial charge is 0.468 e. The lowest BCUT2D eigenvalue weighted by atomic mass is 10.1. The highest BCUT2D eigenvalue weighted by atomic mass is 16.5. The van der Waals surface area contributed by atoms with Gasteiger partial charge in [0.25, 0.3) is 5.56 Å². The van der Waals surface area contributed by atoms with E-state index in [1.54, 1.807) is 6.07 Å². The van der Waals surface area contributed by atoms with Crippen LogP contribution in [0.25, 0.3) is 22.0 Å². The monoisotopic (exact) mass is 351 g/mol. The lowest BCUT2D eigenvalue weighted by Gasteiger charge is -2.08. The number of carbonyl (C=O) groups is 2. The van der Waals surface area contributed by atoms with Crippen molar-refractivity contribution < 1.29 is 14.3 Å². The number of hydrogen-bond donors (Lipinski definition) is 1. The number of carbonyl (C=O) groups excluding carboxylic acids is 2. The molecule has 1 aromatic heterocycles. The molecule has 0 aliphatic heterocycles. The molecule has 2 aromatic carbocycles. The van der Waals surface area contributed by atoms with Crippen molar-refractivity contribution in [2.45, 2.75) is 6.54 Å². The fourth-order valence-electron chi connectivity index (χ4n) is 2.50. The van der Waals surface area contributed by atoms with Gasteiger partial charge >= 0.3 is 5.97 Å². The SMILES string of the molecule is COC(=O)CNC(=O)Cn1nc(-c2ccc3ccccc3c2)ccc1=O. The maximum absolute atomic E-state index is 12.0. The molecule has 0 fully saturated rings. The topological polar surface area (TPSA) is 90.3 Å². The minimum Gasteiger partial charge on any atom is -0.468 e. The highest BCUT2D eigenvalue weighted by Gasteiger charge is 2.10. The molecule has 0 radical (unpaired) electrons. The molecule has 0 aliphatic rings. The van der Waals surface area contributed by atoms with E-state index in [1.807, 2.05) is 42.5 Å². The highest BCUT2D eigenvalue weighted by Crippen LogP contribution is 2.22. The number of rotatable bonds is 5. The number of fused-ring (bicyclic) bond motifs is 1. The van der Waals surface area contributed by atoms with E-state index >= 15 is 0 Å². The average molecular weight is 351 g/mol. The van der Waals surface area contributed by atoms with Gasteiger partial charge in [0, 0.05) is 11.6 Å². The van der Waals surface area contributed by atoms with Crippen LogP contribution in [-0.4, -0.2) is 35.3 Å². The Labute approximate surface area is 149 Å². The van der Waals surface area contributed by atoms with Crippen LogP contribution in [0.1, 0.15) is 0 Å². The molecule has 0 atom stereocenters. The first kappa shape index (κ1) is 17.3. The van der Waals surface area contributed by atoms with E-state index in [9.17, 15) is 14.4 Å². The van der Waals surface area contributed by atoms with E-state index in [0.717, 1.165) is 21.0 Å². The van der Waals surface area contributed by atoms with Gasteiger partial charge in [-0.3, -0.25) is 14.4 Å². The Hall–Kier alpha value is -3.48. The zero-order valence-corrected chi connectivity index (χ0v) is 14.1. The highest BCUT2D eigenvalue weighted by molar-refractivity contribution is 5.86. The summed E-state index contributed by atoms with van der Waals surface area (Å²) in [5, 5.41) is 8.80. The van der Waals surface area contributed by atoms with Crippen LogP contribution in [0, 0.1) is 0 Å². The predicted octanol–water partition coefficient (Wildman–Crippen LogP) is 1.35. The van der Waals surface area contributed by atoms with Gasteiger partial charge in [0.2, 0.25) is 5.91 Å². The Kier molecular flexibility index (Phi) is 5.07. The van der Waals surface area contributed by atoms with Crippen molar-refractivity contribution in [1.82, 2.24) is 15.1 Å². The molecule has 0 saturated heterocycles. The van der Waals surface area contributed by atoms with E-state index in [0.29, 0.717) is 5.69 Å². The number of nitrogens with zero attached hydrogens (tertiary/aromatic N) is 2. The van der Waals surface area contributed by atoms with Crippen molar-refractivity contribution in [1.29, 1.82) is 0 Å². The molecule has 0 aliphatic carbocycles. The standard InChI is InChI=1S/C19H17N3O4/c1-26-19(25)11-20-17(23)12-22-18(24)9-8-16(21-22)15-7-6-13-4-2-3-5-14(13)10-15/h2-10H,11-12H2,1H3,(H,20,23). The summed E-state index contributed by atoms with van der Waals surface area (Å²) in [5.74, 6) is -1.07. The molecule has 0 saturated carbocycles. The molecular weight excluding hydrogens is 334 g/mol. The second-order valence-electron chi connectivity index (χ2n) is 5.63. The van der Waals surface area contributed by atoms with Gasteiger partial charge in [-0.25, -0.2) is 4.68 Å². The Morgan fingerprint density at radius 3 is 2.62 bits per heavy atom. The molecule has 1 N–H and O–H groups in total. The van der Waals surface area contributed by atoms with E-state index in [4.69, 9.17) is 0 Å². The maximum atomic E-state index is 12.0. The van der Waals surface area contributed by atoms with E-state index < -0.39 is 17.4 Å². The maximum Gasteiger partial charge on any atom is 0.325 e. The quantitative estimate of drug-likeness (QED) is 0.701. The molecule has 3 rings (SSSR count). The predicted molar refractivity (Wildman–Crippen MR) is 96.5 cm³/mol. The van der Waals surface area contributed by atoms with Gasteiger partial charge < -0.3 is 10.1 Å². The van der Waals surface area contributed by atoms with Crippen molar-refractivity contribution in [3.63, 3.8) is 0 Å². The average Bonchev–Trinajstić information content (AvgIpc) is 2.67. The third-order valence-corrected chi connectivity index (χ3v) is 3.86. The minimum atomic E-state index is -0.566. The Morgan fingerprint density at radius 2 is 1.85 bits per heavy atom. The van der Waals surface area contributed by atoms with Crippen LogP contribution in [0.3, 0.4) is 0 Å². The summed E-state index contributed by atoms with van der Waals surface area (Å²) in [7, 11) is 1.23. The molecule has 7 nitrogen and oxygen atoms in total. The lowest BCUT2D eigenvalue weighted by Crippen LogP contribution is -2.36. The first-order chi connectivity index (χ1) is 12.6. The van der Waals surface area contributed by atoms with E-state index in [1.165, 1.54) is 13.2 Å². The Bertz CT molecular complexity index is 1030. The van der Waals surface area contributed by atoms with Crippen molar-refractivity contribution in [3.8, 4) is 11.3 Å². The van der Waals surface area contributed by atoms with Gasteiger partial charge in [-0.15, -0.1) is 0 Å². The molecule has 1 heterocycles. The molecule has 7 heteroatoms. The number of hydrogen-bond acceptors (Lipinski definition) is 5. The number of amides is 1. The van der Waals surface area contributed by atoms with E-state index in [-0.39, 0.29) is 13.1 Å². The van der Waals surface area contributed by atoms with Crippen LogP contribution in [-0.2, 0) is 20.9 Å². The lowest BCUT2D eigenvalue weighted by molar-refractivity contribution is -0.141. The van der Waals surface area contributed by atoms with Gasteiger partial charge in [-0.2, -0.15) is 5.10 Å². The number of methoxy groups -OCH3 is 1. The summed E-state index contributed by atoms with van der Waals surface area (Å²) in [4.78, 5) is 34.9. The molecule has 132 valence electrons. The van der Waals surface area contributed by atoms with Crippen LogP contribution in [0.15, 0.2) is 59.4 Å². The zero-order valence-electron chi connectivity index (χ0n) is 14.1. The summed E-state index contributed by atoms with van der Waals surface area (Å²) < 4.78 is 5.52. The van der Waals surface area contributed by atoms with Crippen molar-refractivity contribution >= 4 is 22.6 Å². The summed E-state index contributed by atoms with van der Waals surface area (Å²) in [6.07, 6.45) is 0. The number of ether oxygens (including phenoxy) is 1. The van der Waals surface area contributed by atoms with Crippen molar-refractivity contribution in [2.75, 3.05) is 13.7 Å². The van der Waals surface area contributed by atoms with Gasteiger partial charge in [-0.1, -0.05) is 36.4 Å². The first-order valence-corrected chi connectivity index (χ1v) is 7.97. The van der Waals surface area contributed by atoms with Gasteiger partial charge in [0.1, 0.15) is 13.1 Å². The summed E-state index contributed by atoms with van der Waals surface area (Å²) in [5.41, 5.74) is 1.02. The Morgan fingerprint density at radius 1 is 1.08 bits per heavy atom. The second kappa shape index (κ2) is 7.60.